The summed E-state index contributed by atoms with van der Waals surface area (Å²) in [6.45, 7) is 4.94. The van der Waals surface area contributed by atoms with Gasteiger partial charge in [0.05, 0.1) is 10.6 Å². The van der Waals surface area contributed by atoms with Crippen molar-refractivity contribution in [2.45, 2.75) is 32.4 Å². The second-order valence-electron chi connectivity index (χ2n) is 3.74. The van der Waals surface area contributed by atoms with Crippen molar-refractivity contribution in [3.8, 4) is 0 Å². The zero-order chi connectivity index (χ0) is 10.8. The molecule has 0 bridgehead atoms. The number of hydrogen-bond acceptors (Lipinski definition) is 2. The standard InChI is InChI=1S/C9H14ClIN2O/c1-9(2,14-3)4-5-13-6-7(10)8(11)12-13/h6H,4-5H2,1-3H3. The van der Waals surface area contributed by atoms with E-state index in [4.69, 9.17) is 16.3 Å². The smallest absolute Gasteiger partial charge is 0.141 e. The molecule has 0 aliphatic carbocycles. The van der Waals surface area contributed by atoms with Crippen LogP contribution in [0.25, 0.3) is 0 Å². The summed E-state index contributed by atoms with van der Waals surface area (Å²) in [7, 11) is 1.72. The highest BCUT2D eigenvalue weighted by atomic mass is 127. The van der Waals surface area contributed by atoms with Gasteiger partial charge in [0, 0.05) is 19.9 Å². The summed E-state index contributed by atoms with van der Waals surface area (Å²) in [6, 6.07) is 0. The Morgan fingerprint density at radius 1 is 1.64 bits per heavy atom. The monoisotopic (exact) mass is 328 g/mol. The lowest BCUT2D eigenvalue weighted by molar-refractivity contribution is 0.0113. The summed E-state index contributed by atoms with van der Waals surface area (Å²) in [5, 5.41) is 4.97. The Morgan fingerprint density at radius 3 is 2.71 bits per heavy atom. The average molecular weight is 329 g/mol. The fourth-order valence-corrected chi connectivity index (χ4v) is 1.54. The molecule has 3 nitrogen and oxygen atoms in total. The van der Waals surface area contributed by atoms with E-state index in [-0.39, 0.29) is 5.60 Å². The molecule has 0 spiro atoms. The lowest BCUT2D eigenvalue weighted by Gasteiger charge is -2.22. The molecule has 0 saturated heterocycles. The van der Waals surface area contributed by atoms with Gasteiger partial charge in [0.2, 0.25) is 0 Å². The summed E-state index contributed by atoms with van der Waals surface area (Å²) in [5.41, 5.74) is -0.107. The zero-order valence-corrected chi connectivity index (χ0v) is 11.5. The molecule has 0 amide bonds. The normalized spacial score (nSPS) is 12.1. The van der Waals surface area contributed by atoms with Gasteiger partial charge in [-0.3, -0.25) is 4.68 Å². The third-order valence-corrected chi connectivity index (χ3v) is 3.56. The summed E-state index contributed by atoms with van der Waals surface area (Å²) in [6.07, 6.45) is 2.76. The number of aryl methyl sites for hydroxylation is 1. The Bertz CT molecular complexity index is 292. The maximum atomic E-state index is 5.89. The van der Waals surface area contributed by atoms with Crippen molar-refractivity contribution in [1.29, 1.82) is 0 Å². The summed E-state index contributed by atoms with van der Waals surface area (Å²) >= 11 is 8.01. The molecule has 14 heavy (non-hydrogen) atoms. The minimum Gasteiger partial charge on any atom is -0.379 e. The molecule has 0 aliphatic heterocycles. The van der Waals surface area contributed by atoms with E-state index in [1.165, 1.54) is 0 Å². The molecular weight excluding hydrogens is 314 g/mol. The van der Waals surface area contributed by atoms with Gasteiger partial charge in [0.1, 0.15) is 3.70 Å². The van der Waals surface area contributed by atoms with Crippen LogP contribution < -0.4 is 0 Å². The molecule has 0 N–H and O–H groups in total. The van der Waals surface area contributed by atoms with Gasteiger partial charge in [-0.15, -0.1) is 0 Å². The van der Waals surface area contributed by atoms with E-state index in [0.717, 1.165) is 16.7 Å². The highest BCUT2D eigenvalue weighted by molar-refractivity contribution is 14.1. The summed E-state index contributed by atoms with van der Waals surface area (Å²) < 4.78 is 8.02. The van der Waals surface area contributed by atoms with Crippen LogP contribution in [0.5, 0.6) is 0 Å². The number of hydrogen-bond donors (Lipinski definition) is 0. The maximum absolute atomic E-state index is 5.89. The van der Waals surface area contributed by atoms with Crippen LogP contribution in [0.4, 0.5) is 0 Å². The van der Waals surface area contributed by atoms with E-state index in [1.807, 2.05) is 10.9 Å². The first kappa shape index (κ1) is 12.3. The van der Waals surface area contributed by atoms with Crippen LogP contribution in [0.1, 0.15) is 20.3 Å². The Labute approximate surface area is 103 Å². The van der Waals surface area contributed by atoms with Gasteiger partial charge in [-0.25, -0.2) is 0 Å². The maximum Gasteiger partial charge on any atom is 0.141 e. The van der Waals surface area contributed by atoms with Gasteiger partial charge in [0.25, 0.3) is 0 Å². The molecule has 0 fully saturated rings. The van der Waals surface area contributed by atoms with E-state index in [1.54, 1.807) is 7.11 Å². The Hall–Kier alpha value is 0.190. The minimum atomic E-state index is -0.107. The molecule has 0 unspecified atom stereocenters. The lowest BCUT2D eigenvalue weighted by Crippen LogP contribution is -2.24. The second kappa shape index (κ2) is 4.81. The van der Waals surface area contributed by atoms with E-state index >= 15 is 0 Å². The molecule has 5 heteroatoms. The van der Waals surface area contributed by atoms with Crippen LogP contribution in [0.15, 0.2) is 6.20 Å². The highest BCUT2D eigenvalue weighted by Crippen LogP contribution is 2.18. The van der Waals surface area contributed by atoms with Crippen LogP contribution in [-0.2, 0) is 11.3 Å². The molecule has 0 aromatic carbocycles. The number of methoxy groups -OCH3 is 1. The molecule has 1 aromatic heterocycles. The van der Waals surface area contributed by atoms with E-state index in [9.17, 15) is 0 Å². The average Bonchev–Trinajstić information content (AvgIpc) is 2.44. The van der Waals surface area contributed by atoms with Crippen LogP contribution in [-0.4, -0.2) is 22.5 Å². The number of halogens is 2. The van der Waals surface area contributed by atoms with Crippen molar-refractivity contribution < 1.29 is 4.74 Å². The topological polar surface area (TPSA) is 27.1 Å². The third kappa shape index (κ3) is 3.40. The van der Waals surface area contributed by atoms with Gasteiger partial charge >= 0.3 is 0 Å². The van der Waals surface area contributed by atoms with Crippen LogP contribution >= 0.6 is 34.2 Å². The molecule has 0 saturated carbocycles. The summed E-state index contributed by atoms with van der Waals surface area (Å²) in [4.78, 5) is 0. The predicted molar refractivity (Wildman–Crippen MR) is 65.7 cm³/mol. The Kier molecular flexibility index (Phi) is 4.21. The third-order valence-electron chi connectivity index (χ3n) is 2.17. The first-order valence-electron chi connectivity index (χ1n) is 4.38. The number of rotatable bonds is 4. The highest BCUT2D eigenvalue weighted by Gasteiger charge is 2.16. The van der Waals surface area contributed by atoms with Crippen LogP contribution in [0.2, 0.25) is 5.02 Å². The van der Waals surface area contributed by atoms with Gasteiger partial charge in [-0.2, -0.15) is 5.10 Å². The molecule has 0 radical (unpaired) electrons. The number of nitrogens with zero attached hydrogens (tertiary/aromatic N) is 2. The molecule has 1 rings (SSSR count). The molecule has 1 aromatic rings. The molecule has 80 valence electrons. The van der Waals surface area contributed by atoms with E-state index in [0.29, 0.717) is 5.02 Å². The van der Waals surface area contributed by atoms with Crippen LogP contribution in [0.3, 0.4) is 0 Å². The fourth-order valence-electron chi connectivity index (χ4n) is 0.974. The second-order valence-corrected chi connectivity index (χ2v) is 5.17. The Morgan fingerprint density at radius 2 is 2.29 bits per heavy atom. The predicted octanol–water partition coefficient (Wildman–Crippen LogP) is 2.96. The zero-order valence-electron chi connectivity index (χ0n) is 8.55. The van der Waals surface area contributed by atoms with Gasteiger partial charge in [-0.1, -0.05) is 11.6 Å². The van der Waals surface area contributed by atoms with E-state index < -0.39 is 0 Å². The van der Waals surface area contributed by atoms with Crippen molar-refractivity contribution in [3.63, 3.8) is 0 Å². The lowest BCUT2D eigenvalue weighted by atomic mass is 10.1. The van der Waals surface area contributed by atoms with Crippen molar-refractivity contribution in [1.82, 2.24) is 9.78 Å². The largest absolute Gasteiger partial charge is 0.379 e. The molecular formula is C9H14ClIN2O. The molecule has 0 atom stereocenters. The number of ether oxygens (including phenoxy) is 1. The van der Waals surface area contributed by atoms with Gasteiger partial charge < -0.3 is 4.74 Å². The number of aromatic nitrogens is 2. The first-order valence-corrected chi connectivity index (χ1v) is 5.84. The Balaban J connectivity index is 2.54. The summed E-state index contributed by atoms with van der Waals surface area (Å²) in [5.74, 6) is 0. The fraction of sp³-hybridized carbons (Fsp3) is 0.667. The van der Waals surface area contributed by atoms with Crippen molar-refractivity contribution in [2.24, 2.45) is 0 Å². The van der Waals surface area contributed by atoms with Crippen molar-refractivity contribution in [2.75, 3.05) is 7.11 Å². The quantitative estimate of drug-likeness (QED) is 0.795. The van der Waals surface area contributed by atoms with Crippen LogP contribution in [0, 0.1) is 3.70 Å². The molecule has 0 aliphatic rings. The van der Waals surface area contributed by atoms with Gasteiger partial charge in [-0.05, 0) is 42.9 Å². The molecule has 1 heterocycles. The van der Waals surface area contributed by atoms with Gasteiger partial charge in [0.15, 0.2) is 0 Å². The SMILES string of the molecule is COC(C)(C)CCn1cc(Cl)c(I)n1. The van der Waals surface area contributed by atoms with Crippen molar-refractivity contribution in [3.05, 3.63) is 14.9 Å². The minimum absolute atomic E-state index is 0.107. The van der Waals surface area contributed by atoms with E-state index in [2.05, 4.69) is 41.5 Å². The van der Waals surface area contributed by atoms with Crippen molar-refractivity contribution >= 4 is 34.2 Å². The first-order chi connectivity index (χ1) is 6.44.